The Morgan fingerprint density at radius 3 is 2.29 bits per heavy atom. The van der Waals surface area contributed by atoms with Crippen LogP contribution in [-0.2, 0) is 0 Å². The molecule has 0 radical (unpaired) electrons. The monoisotopic (exact) mass is 265 g/mol. The fourth-order valence-electron chi connectivity index (χ4n) is 1.27. The SMILES string of the molecule is CCC(CCl)NC(=O)c1c(F)cc(F)cc1F. The number of carbonyl (C=O) groups excluding carboxylic acids is 1. The van der Waals surface area contributed by atoms with Crippen LogP contribution in [0.25, 0.3) is 0 Å². The van der Waals surface area contributed by atoms with Gasteiger partial charge in [-0.15, -0.1) is 11.6 Å². The van der Waals surface area contributed by atoms with Crippen LogP contribution in [0.15, 0.2) is 12.1 Å². The van der Waals surface area contributed by atoms with E-state index in [4.69, 9.17) is 11.6 Å². The van der Waals surface area contributed by atoms with E-state index in [1.54, 1.807) is 6.92 Å². The van der Waals surface area contributed by atoms with Gasteiger partial charge in [0.1, 0.15) is 23.0 Å². The van der Waals surface area contributed by atoms with E-state index in [0.717, 1.165) is 0 Å². The first kappa shape index (κ1) is 13.8. The first-order valence-electron chi connectivity index (χ1n) is 5.01. The van der Waals surface area contributed by atoms with Crippen molar-refractivity contribution in [1.29, 1.82) is 0 Å². The van der Waals surface area contributed by atoms with Crippen molar-refractivity contribution >= 4 is 17.5 Å². The third-order valence-corrected chi connectivity index (χ3v) is 2.62. The fourth-order valence-corrected chi connectivity index (χ4v) is 1.56. The summed E-state index contributed by atoms with van der Waals surface area (Å²) in [7, 11) is 0. The minimum Gasteiger partial charge on any atom is -0.348 e. The first-order valence-corrected chi connectivity index (χ1v) is 5.54. The third-order valence-electron chi connectivity index (χ3n) is 2.25. The Balaban J connectivity index is 2.96. The molecule has 6 heteroatoms. The van der Waals surface area contributed by atoms with Crippen LogP contribution in [-0.4, -0.2) is 17.8 Å². The third kappa shape index (κ3) is 3.36. The van der Waals surface area contributed by atoms with Gasteiger partial charge in [-0.3, -0.25) is 4.79 Å². The molecule has 1 aromatic rings. The molecule has 17 heavy (non-hydrogen) atoms. The molecule has 0 aliphatic carbocycles. The Morgan fingerprint density at radius 1 is 1.35 bits per heavy atom. The highest BCUT2D eigenvalue weighted by atomic mass is 35.5. The summed E-state index contributed by atoms with van der Waals surface area (Å²) in [5, 5.41) is 2.36. The average molecular weight is 266 g/mol. The van der Waals surface area contributed by atoms with E-state index in [0.29, 0.717) is 18.6 Å². The second-order valence-electron chi connectivity index (χ2n) is 3.48. The van der Waals surface area contributed by atoms with Crippen molar-refractivity contribution in [2.75, 3.05) is 5.88 Å². The number of alkyl halides is 1. The Morgan fingerprint density at radius 2 is 1.88 bits per heavy atom. The predicted molar refractivity (Wildman–Crippen MR) is 58.6 cm³/mol. The highest BCUT2D eigenvalue weighted by Gasteiger charge is 2.20. The van der Waals surface area contributed by atoms with Gasteiger partial charge in [0, 0.05) is 24.1 Å². The molecule has 0 aliphatic rings. The summed E-state index contributed by atoms with van der Waals surface area (Å²) in [5.41, 5.74) is -0.796. The maximum absolute atomic E-state index is 13.2. The molecule has 0 saturated heterocycles. The maximum atomic E-state index is 13.2. The van der Waals surface area contributed by atoms with Crippen LogP contribution in [0.5, 0.6) is 0 Å². The van der Waals surface area contributed by atoms with Crippen molar-refractivity contribution in [2.45, 2.75) is 19.4 Å². The summed E-state index contributed by atoms with van der Waals surface area (Å²) in [6, 6.07) is 0.534. The fraction of sp³-hybridized carbons (Fsp3) is 0.364. The Bertz CT molecular complexity index is 398. The second-order valence-corrected chi connectivity index (χ2v) is 3.79. The Labute approximate surface area is 102 Å². The number of rotatable bonds is 4. The summed E-state index contributed by atoms with van der Waals surface area (Å²) >= 11 is 5.54. The topological polar surface area (TPSA) is 29.1 Å². The molecular formula is C11H11ClF3NO. The Hall–Kier alpha value is -1.23. The molecule has 2 nitrogen and oxygen atoms in total. The molecule has 94 valence electrons. The number of nitrogens with one attached hydrogen (secondary N) is 1. The van der Waals surface area contributed by atoms with Crippen LogP contribution >= 0.6 is 11.6 Å². The highest BCUT2D eigenvalue weighted by molar-refractivity contribution is 6.18. The van der Waals surface area contributed by atoms with Gasteiger partial charge in [-0.1, -0.05) is 6.92 Å². The van der Waals surface area contributed by atoms with Gasteiger partial charge in [0.2, 0.25) is 0 Å². The number of carbonyl (C=O) groups is 1. The van der Waals surface area contributed by atoms with Gasteiger partial charge in [-0.05, 0) is 6.42 Å². The molecule has 0 spiro atoms. The molecule has 1 amide bonds. The van der Waals surface area contributed by atoms with Gasteiger partial charge in [-0.25, -0.2) is 13.2 Å². The van der Waals surface area contributed by atoms with Crippen molar-refractivity contribution < 1.29 is 18.0 Å². The van der Waals surface area contributed by atoms with E-state index >= 15 is 0 Å². The maximum Gasteiger partial charge on any atom is 0.257 e. The van der Waals surface area contributed by atoms with E-state index in [1.807, 2.05) is 0 Å². The molecule has 1 unspecified atom stereocenters. The molecular weight excluding hydrogens is 255 g/mol. The van der Waals surface area contributed by atoms with Crippen LogP contribution in [0.2, 0.25) is 0 Å². The molecule has 1 aromatic carbocycles. The van der Waals surface area contributed by atoms with Gasteiger partial charge < -0.3 is 5.32 Å². The van der Waals surface area contributed by atoms with Crippen molar-refractivity contribution in [2.24, 2.45) is 0 Å². The summed E-state index contributed by atoms with van der Waals surface area (Å²) in [6.07, 6.45) is 0.527. The lowest BCUT2D eigenvalue weighted by Crippen LogP contribution is -2.36. The zero-order chi connectivity index (χ0) is 13.0. The molecule has 0 fully saturated rings. The first-order chi connectivity index (χ1) is 7.99. The van der Waals surface area contributed by atoms with E-state index in [1.165, 1.54) is 0 Å². The standard InChI is InChI=1S/C11H11ClF3NO/c1-2-7(5-12)16-11(17)10-8(14)3-6(13)4-9(10)15/h3-4,7H,2,5H2,1H3,(H,16,17). The minimum absolute atomic E-state index is 0.132. The Kier molecular flexibility index (Phi) is 4.81. The van der Waals surface area contributed by atoms with Crippen molar-refractivity contribution in [3.8, 4) is 0 Å². The van der Waals surface area contributed by atoms with Gasteiger partial charge in [0.05, 0.1) is 0 Å². The molecule has 0 saturated carbocycles. The zero-order valence-corrected chi connectivity index (χ0v) is 9.82. The van der Waals surface area contributed by atoms with E-state index < -0.39 is 28.9 Å². The molecule has 1 N–H and O–H groups in total. The minimum atomic E-state index is -1.23. The van der Waals surface area contributed by atoms with Crippen LogP contribution in [0.3, 0.4) is 0 Å². The number of amides is 1. The van der Waals surface area contributed by atoms with Crippen molar-refractivity contribution in [1.82, 2.24) is 5.32 Å². The second kappa shape index (κ2) is 5.91. The summed E-state index contributed by atoms with van der Waals surface area (Å²) in [5.74, 6) is -4.34. The van der Waals surface area contributed by atoms with Crippen LogP contribution in [0.1, 0.15) is 23.7 Å². The number of hydrogen-bond acceptors (Lipinski definition) is 1. The molecule has 1 atom stereocenters. The summed E-state index contributed by atoms with van der Waals surface area (Å²) in [6.45, 7) is 1.77. The van der Waals surface area contributed by atoms with Gasteiger partial charge in [-0.2, -0.15) is 0 Å². The number of benzene rings is 1. The smallest absolute Gasteiger partial charge is 0.257 e. The van der Waals surface area contributed by atoms with Gasteiger partial charge in [0.15, 0.2) is 0 Å². The normalized spacial score (nSPS) is 12.3. The molecule has 0 aromatic heterocycles. The van der Waals surface area contributed by atoms with Crippen LogP contribution in [0, 0.1) is 17.5 Å². The quantitative estimate of drug-likeness (QED) is 0.834. The van der Waals surface area contributed by atoms with Gasteiger partial charge in [0.25, 0.3) is 5.91 Å². The largest absolute Gasteiger partial charge is 0.348 e. The van der Waals surface area contributed by atoms with Crippen LogP contribution < -0.4 is 5.32 Å². The lowest BCUT2D eigenvalue weighted by atomic mass is 10.1. The summed E-state index contributed by atoms with van der Waals surface area (Å²) < 4.78 is 39.1. The van der Waals surface area contributed by atoms with E-state index in [2.05, 4.69) is 5.32 Å². The lowest BCUT2D eigenvalue weighted by Gasteiger charge is -2.14. The van der Waals surface area contributed by atoms with Gasteiger partial charge >= 0.3 is 0 Å². The lowest BCUT2D eigenvalue weighted by molar-refractivity contribution is 0.0931. The zero-order valence-electron chi connectivity index (χ0n) is 9.07. The molecule has 1 rings (SSSR count). The predicted octanol–water partition coefficient (Wildman–Crippen LogP) is 2.85. The van der Waals surface area contributed by atoms with Crippen molar-refractivity contribution in [3.63, 3.8) is 0 Å². The van der Waals surface area contributed by atoms with E-state index in [9.17, 15) is 18.0 Å². The molecule has 0 bridgehead atoms. The number of halogens is 4. The number of hydrogen-bond donors (Lipinski definition) is 1. The average Bonchev–Trinajstić information content (AvgIpc) is 2.24. The van der Waals surface area contributed by atoms with E-state index in [-0.39, 0.29) is 11.9 Å². The summed E-state index contributed by atoms with van der Waals surface area (Å²) in [4.78, 5) is 11.6. The molecule has 0 heterocycles. The van der Waals surface area contributed by atoms with Crippen LogP contribution in [0.4, 0.5) is 13.2 Å². The van der Waals surface area contributed by atoms with Crippen molar-refractivity contribution in [3.05, 3.63) is 35.1 Å². The molecule has 0 aliphatic heterocycles. The highest BCUT2D eigenvalue weighted by Crippen LogP contribution is 2.15.